The van der Waals surface area contributed by atoms with Gasteiger partial charge in [0, 0.05) is 54.0 Å². The molecule has 0 saturated heterocycles. The molecule has 4 bridgehead atoms. The summed E-state index contributed by atoms with van der Waals surface area (Å²) in [6.45, 7) is 4.52. The van der Waals surface area contributed by atoms with Gasteiger partial charge in [-0.25, -0.2) is 0 Å². The zero-order valence-electron chi connectivity index (χ0n) is 22.0. The van der Waals surface area contributed by atoms with Gasteiger partial charge in [-0.2, -0.15) is 0 Å². The van der Waals surface area contributed by atoms with Gasteiger partial charge >= 0.3 is 0 Å². The average Bonchev–Trinajstić information content (AvgIpc) is 3.13. The Morgan fingerprint density at radius 2 is 1.76 bits per heavy atom. The zero-order chi connectivity index (χ0) is 25.4. The number of likely N-dealkylation sites (N-methyl/N-ethyl adjacent to an activating group) is 2. The monoisotopic (exact) mass is 518 g/mol. The summed E-state index contributed by atoms with van der Waals surface area (Å²) in [7, 11) is 4.35. The molecule has 7 heteroatoms. The number of hydrogen-bond acceptors (Lipinski definition) is 5. The second-order valence-corrected chi connectivity index (χ2v) is 11.9. The van der Waals surface area contributed by atoms with Gasteiger partial charge in [0.25, 0.3) is 5.91 Å². The van der Waals surface area contributed by atoms with Gasteiger partial charge in [0.1, 0.15) is 11.9 Å². The molecule has 1 N–H and O–H groups in total. The highest BCUT2D eigenvalue weighted by Crippen LogP contribution is 2.47. The summed E-state index contributed by atoms with van der Waals surface area (Å²) in [4.78, 5) is 17.9. The van der Waals surface area contributed by atoms with Crippen LogP contribution in [0, 0.1) is 0 Å². The lowest BCUT2D eigenvalue weighted by Gasteiger charge is -2.26. The van der Waals surface area contributed by atoms with E-state index in [1.165, 1.54) is 66.3 Å². The van der Waals surface area contributed by atoms with Crippen LogP contribution in [0.2, 0.25) is 0 Å². The van der Waals surface area contributed by atoms with Crippen LogP contribution in [0.15, 0.2) is 42.5 Å². The topological polar surface area (TPSA) is 49.7 Å². The number of carbonyl (C=O) groups excluding carboxylic acids is 1. The second kappa shape index (κ2) is 10.7. The molecule has 1 aromatic heterocycles. The minimum Gasteiger partial charge on any atom is -0.487 e. The van der Waals surface area contributed by atoms with Crippen molar-refractivity contribution >= 4 is 28.8 Å². The molecule has 2 aliphatic heterocycles. The van der Waals surface area contributed by atoms with E-state index in [0.29, 0.717) is 5.92 Å². The molecule has 1 unspecified atom stereocenters. The number of nitrogens with one attached hydrogen (secondary N) is 1. The predicted octanol–water partition coefficient (Wildman–Crippen LogP) is 5.37. The van der Waals surface area contributed by atoms with Crippen molar-refractivity contribution in [3.8, 4) is 17.0 Å². The van der Waals surface area contributed by atoms with Gasteiger partial charge in [0.2, 0.25) is 0 Å². The van der Waals surface area contributed by atoms with E-state index in [4.69, 9.17) is 4.74 Å². The van der Waals surface area contributed by atoms with E-state index in [-0.39, 0.29) is 12.0 Å². The highest BCUT2D eigenvalue weighted by Gasteiger charge is 2.32. The molecule has 3 aliphatic rings. The zero-order valence-corrected chi connectivity index (χ0v) is 22.9. The third-order valence-electron chi connectivity index (χ3n) is 8.32. The summed E-state index contributed by atoms with van der Waals surface area (Å²) in [5.74, 6) is 2.36. The molecule has 1 fully saturated rings. The fourth-order valence-electron chi connectivity index (χ4n) is 6.35. The Bertz CT molecular complexity index is 1280. The molecule has 37 heavy (non-hydrogen) atoms. The van der Waals surface area contributed by atoms with E-state index in [1.54, 1.807) is 0 Å². The number of amides is 1. The molecule has 196 valence electrons. The van der Waals surface area contributed by atoms with Gasteiger partial charge in [0.15, 0.2) is 0 Å². The van der Waals surface area contributed by atoms with Crippen molar-refractivity contribution < 1.29 is 9.53 Å². The summed E-state index contributed by atoms with van der Waals surface area (Å²) in [5, 5.41) is 1.30. The Labute approximate surface area is 224 Å². The third-order valence-corrected chi connectivity index (χ3v) is 9.04. The van der Waals surface area contributed by atoms with Crippen LogP contribution in [-0.2, 0) is 6.54 Å². The molecule has 1 amide bonds. The first-order valence-electron chi connectivity index (χ1n) is 13.8. The van der Waals surface area contributed by atoms with Crippen LogP contribution in [0.5, 0.6) is 5.75 Å². The van der Waals surface area contributed by atoms with Crippen LogP contribution in [0.3, 0.4) is 0 Å². The minimum atomic E-state index is -0.0158. The maximum absolute atomic E-state index is 13.1. The Kier molecular flexibility index (Phi) is 7.19. The third kappa shape index (κ3) is 5.01. The molecule has 6 rings (SSSR count). The number of nitrogens with zero attached hydrogens (tertiary/aromatic N) is 3. The SMILES string of the molecule is CN1CCSNC(=O)c2ccc3c(C4CCCCC4)c4n(c3c2)CC(CN(C)CC1)Oc1ccccc1-4. The highest BCUT2D eigenvalue weighted by molar-refractivity contribution is 7.97. The summed E-state index contributed by atoms with van der Waals surface area (Å²) in [6.07, 6.45) is 6.38. The van der Waals surface area contributed by atoms with Gasteiger partial charge in [-0.3, -0.25) is 9.52 Å². The standard InChI is InChI=1S/C30H38N4O2S/c1-32-14-15-33(2)19-23-20-34-26-18-22(30(35)31-37-17-16-32)12-13-24(26)28(21-8-4-3-5-9-21)29(34)25-10-6-7-11-27(25)36-23/h6-7,10-13,18,21,23H,3-5,8-9,14-17,19-20H2,1-2H3,(H,31,35). The van der Waals surface area contributed by atoms with Crippen LogP contribution in [0.25, 0.3) is 22.2 Å². The quantitative estimate of drug-likeness (QED) is 0.439. The molecule has 2 aromatic carbocycles. The fraction of sp³-hybridized carbons (Fsp3) is 0.500. The molecule has 0 radical (unpaired) electrons. The van der Waals surface area contributed by atoms with E-state index in [2.05, 4.69) is 69.6 Å². The number of benzene rings is 2. The smallest absolute Gasteiger partial charge is 0.261 e. The lowest BCUT2D eigenvalue weighted by molar-refractivity contribution is 0.0984. The van der Waals surface area contributed by atoms with Crippen molar-refractivity contribution in [2.75, 3.05) is 46.0 Å². The van der Waals surface area contributed by atoms with Gasteiger partial charge in [-0.1, -0.05) is 37.5 Å². The van der Waals surface area contributed by atoms with Gasteiger partial charge < -0.3 is 19.1 Å². The molecule has 0 spiro atoms. The molecule has 1 aliphatic carbocycles. The molecular formula is C30H38N4O2S. The number of ether oxygens (including phenoxy) is 1. The molecule has 6 nitrogen and oxygen atoms in total. The average molecular weight is 519 g/mol. The van der Waals surface area contributed by atoms with E-state index in [0.717, 1.165) is 55.3 Å². The Morgan fingerprint density at radius 3 is 2.62 bits per heavy atom. The predicted molar refractivity (Wildman–Crippen MR) is 153 cm³/mol. The van der Waals surface area contributed by atoms with Crippen LogP contribution >= 0.6 is 11.9 Å². The first kappa shape index (κ1) is 24.8. The Morgan fingerprint density at radius 1 is 0.946 bits per heavy atom. The van der Waals surface area contributed by atoms with Crippen LogP contribution in [0.1, 0.15) is 53.9 Å². The molecule has 3 aromatic rings. The Balaban J connectivity index is 1.54. The van der Waals surface area contributed by atoms with Crippen molar-refractivity contribution in [2.24, 2.45) is 0 Å². The number of fused-ring (bicyclic) bond motifs is 4. The van der Waals surface area contributed by atoms with E-state index >= 15 is 0 Å². The maximum atomic E-state index is 13.1. The number of para-hydroxylation sites is 1. The minimum absolute atomic E-state index is 0.0158. The van der Waals surface area contributed by atoms with E-state index < -0.39 is 0 Å². The van der Waals surface area contributed by atoms with E-state index in [1.807, 2.05) is 6.07 Å². The molecule has 3 heterocycles. The largest absolute Gasteiger partial charge is 0.487 e. The van der Waals surface area contributed by atoms with Crippen molar-refractivity contribution in [1.82, 2.24) is 19.1 Å². The summed E-state index contributed by atoms with van der Waals surface area (Å²) in [5.41, 5.74) is 5.83. The first-order chi connectivity index (χ1) is 18.1. The first-order valence-corrected chi connectivity index (χ1v) is 14.8. The number of carbonyl (C=O) groups is 1. The van der Waals surface area contributed by atoms with Gasteiger partial charge in [0.05, 0.1) is 12.2 Å². The number of aromatic nitrogens is 1. The summed E-state index contributed by atoms with van der Waals surface area (Å²) < 4.78 is 12.3. The van der Waals surface area contributed by atoms with E-state index in [9.17, 15) is 4.79 Å². The fourth-order valence-corrected chi connectivity index (χ4v) is 7.11. The van der Waals surface area contributed by atoms with Crippen molar-refractivity contribution in [3.63, 3.8) is 0 Å². The van der Waals surface area contributed by atoms with Gasteiger partial charge in [-0.15, -0.1) is 0 Å². The highest BCUT2D eigenvalue weighted by atomic mass is 32.2. The number of hydrogen-bond donors (Lipinski definition) is 1. The number of rotatable bonds is 1. The molecule has 1 atom stereocenters. The normalized spacial score (nSPS) is 22.5. The van der Waals surface area contributed by atoms with Crippen molar-refractivity contribution in [3.05, 3.63) is 53.6 Å². The lowest BCUT2D eigenvalue weighted by Crippen LogP contribution is -2.39. The lowest BCUT2D eigenvalue weighted by atomic mass is 9.81. The Hall–Kier alpha value is -2.48. The second-order valence-electron chi connectivity index (χ2n) is 11.0. The van der Waals surface area contributed by atoms with Gasteiger partial charge in [-0.05, 0) is 74.6 Å². The van der Waals surface area contributed by atoms with Crippen LogP contribution < -0.4 is 9.46 Å². The summed E-state index contributed by atoms with van der Waals surface area (Å²) in [6, 6.07) is 14.9. The van der Waals surface area contributed by atoms with Crippen molar-refractivity contribution in [2.45, 2.75) is 50.7 Å². The molecular weight excluding hydrogens is 480 g/mol. The molecule has 1 saturated carbocycles. The maximum Gasteiger partial charge on any atom is 0.261 e. The van der Waals surface area contributed by atoms with Crippen molar-refractivity contribution in [1.29, 1.82) is 0 Å². The van der Waals surface area contributed by atoms with Crippen LogP contribution in [0.4, 0.5) is 0 Å². The summed E-state index contributed by atoms with van der Waals surface area (Å²) >= 11 is 1.50. The van der Waals surface area contributed by atoms with Crippen LogP contribution in [-0.4, -0.2) is 72.4 Å².